The predicted octanol–water partition coefficient (Wildman–Crippen LogP) is 3.50. The lowest BCUT2D eigenvalue weighted by Crippen LogP contribution is -2.24. The number of nitrogens with zero attached hydrogens (tertiary/aromatic N) is 1. The molecule has 0 radical (unpaired) electrons. The van der Waals surface area contributed by atoms with E-state index in [1.807, 2.05) is 0 Å². The number of hydrogen-bond donors (Lipinski definition) is 1. The molecule has 0 aliphatic heterocycles. The summed E-state index contributed by atoms with van der Waals surface area (Å²) < 4.78 is 118. The number of alkyl halides is 3. The van der Waals surface area contributed by atoms with Gasteiger partial charge in [-0.15, -0.1) is 0 Å². The summed E-state index contributed by atoms with van der Waals surface area (Å²) in [6.45, 7) is 3.04. The van der Waals surface area contributed by atoms with Crippen LogP contribution < -0.4 is 9.50 Å². The SMILES string of the molecule is CCS(=O)(=O)c1cccc(C(=O)Nc2cc(S(=O)(=O)C(F)(F)F)ccc2OS(=O)(=O)c2ccc(C)cc2)n1. The summed E-state index contributed by atoms with van der Waals surface area (Å²) in [5.74, 6) is -2.23. The molecular formula is C22H19F3N2O8S3. The average molecular weight is 593 g/mol. The number of aryl methyl sites for hydroxylation is 1. The first kappa shape index (κ1) is 29.1. The van der Waals surface area contributed by atoms with Crippen LogP contribution in [0.15, 0.2) is 75.5 Å². The molecule has 38 heavy (non-hydrogen) atoms. The zero-order valence-corrected chi connectivity index (χ0v) is 22.0. The van der Waals surface area contributed by atoms with Crippen LogP contribution in [0.4, 0.5) is 18.9 Å². The summed E-state index contributed by atoms with van der Waals surface area (Å²) in [5.41, 5.74) is -6.24. The summed E-state index contributed by atoms with van der Waals surface area (Å²) in [6, 6.07) is 10.2. The van der Waals surface area contributed by atoms with Gasteiger partial charge in [-0.05, 0) is 49.4 Å². The third kappa shape index (κ3) is 6.14. The maximum absolute atomic E-state index is 13.1. The van der Waals surface area contributed by atoms with Crippen LogP contribution in [-0.4, -0.2) is 47.4 Å². The molecule has 0 saturated carbocycles. The van der Waals surface area contributed by atoms with Gasteiger partial charge in [-0.3, -0.25) is 4.79 Å². The summed E-state index contributed by atoms with van der Waals surface area (Å²) in [5, 5.41) is 1.59. The fraction of sp³-hybridized carbons (Fsp3) is 0.182. The van der Waals surface area contributed by atoms with Crippen molar-refractivity contribution >= 4 is 41.4 Å². The van der Waals surface area contributed by atoms with E-state index in [1.165, 1.54) is 37.3 Å². The molecule has 3 rings (SSSR count). The van der Waals surface area contributed by atoms with Crippen LogP contribution in [0.2, 0.25) is 0 Å². The molecule has 1 amide bonds. The largest absolute Gasteiger partial charge is 0.501 e. The Bertz CT molecular complexity index is 1700. The van der Waals surface area contributed by atoms with E-state index in [0.717, 1.165) is 17.7 Å². The van der Waals surface area contributed by atoms with Crippen LogP contribution in [0.5, 0.6) is 5.75 Å². The van der Waals surface area contributed by atoms with E-state index in [4.69, 9.17) is 4.18 Å². The zero-order valence-electron chi connectivity index (χ0n) is 19.6. The second kappa shape index (κ2) is 10.3. The van der Waals surface area contributed by atoms with E-state index in [0.29, 0.717) is 18.2 Å². The Morgan fingerprint density at radius 1 is 0.921 bits per heavy atom. The highest BCUT2D eigenvalue weighted by molar-refractivity contribution is 7.92. The number of carbonyl (C=O) groups is 1. The first-order valence-corrected chi connectivity index (χ1v) is 15.0. The number of nitrogens with one attached hydrogen (secondary N) is 1. The fourth-order valence-electron chi connectivity index (χ4n) is 2.90. The Morgan fingerprint density at radius 2 is 1.53 bits per heavy atom. The van der Waals surface area contributed by atoms with Crippen LogP contribution in [0, 0.1) is 6.92 Å². The minimum Gasteiger partial charge on any atom is -0.377 e. The van der Waals surface area contributed by atoms with Crippen molar-refractivity contribution < 1.29 is 47.4 Å². The van der Waals surface area contributed by atoms with Crippen molar-refractivity contribution in [2.75, 3.05) is 11.1 Å². The number of anilines is 1. The molecule has 1 N–H and O–H groups in total. The molecule has 1 heterocycles. The third-order valence-corrected chi connectivity index (χ3v) is 9.34. The van der Waals surface area contributed by atoms with Crippen molar-refractivity contribution in [2.45, 2.75) is 34.2 Å². The van der Waals surface area contributed by atoms with Gasteiger partial charge < -0.3 is 9.50 Å². The Hall–Kier alpha value is -3.50. The van der Waals surface area contributed by atoms with Crippen molar-refractivity contribution in [3.8, 4) is 5.75 Å². The molecule has 2 aromatic carbocycles. The summed E-state index contributed by atoms with van der Waals surface area (Å²) in [6.07, 6.45) is 0. The van der Waals surface area contributed by atoms with Crippen LogP contribution in [-0.2, 0) is 29.8 Å². The molecule has 10 nitrogen and oxygen atoms in total. The Balaban J connectivity index is 2.09. The van der Waals surface area contributed by atoms with Crippen molar-refractivity contribution in [1.29, 1.82) is 0 Å². The Kier molecular flexibility index (Phi) is 7.91. The van der Waals surface area contributed by atoms with Gasteiger partial charge >= 0.3 is 15.6 Å². The molecule has 204 valence electrons. The molecule has 0 spiro atoms. The Labute approximate surface area is 216 Å². The highest BCUT2D eigenvalue weighted by Gasteiger charge is 2.47. The molecular weight excluding hydrogens is 573 g/mol. The highest BCUT2D eigenvalue weighted by Crippen LogP contribution is 2.36. The number of pyridine rings is 1. The number of rotatable bonds is 8. The van der Waals surface area contributed by atoms with E-state index in [2.05, 4.69) is 10.3 Å². The van der Waals surface area contributed by atoms with Gasteiger partial charge in [0.2, 0.25) is 0 Å². The number of benzene rings is 2. The van der Waals surface area contributed by atoms with Gasteiger partial charge in [0.25, 0.3) is 15.7 Å². The van der Waals surface area contributed by atoms with Crippen molar-refractivity contribution in [2.24, 2.45) is 0 Å². The fourth-order valence-corrected chi connectivity index (χ4v) is 5.45. The summed E-state index contributed by atoms with van der Waals surface area (Å²) >= 11 is 0. The van der Waals surface area contributed by atoms with Gasteiger partial charge in [0.15, 0.2) is 20.6 Å². The molecule has 1 aromatic heterocycles. The molecule has 0 bridgehead atoms. The molecule has 16 heteroatoms. The number of halogens is 3. The van der Waals surface area contributed by atoms with Crippen molar-refractivity contribution in [1.82, 2.24) is 4.98 Å². The van der Waals surface area contributed by atoms with Gasteiger partial charge in [-0.2, -0.15) is 21.6 Å². The maximum atomic E-state index is 13.1. The normalized spacial score (nSPS) is 12.7. The lowest BCUT2D eigenvalue weighted by atomic mass is 10.2. The van der Waals surface area contributed by atoms with E-state index < -0.39 is 68.3 Å². The van der Waals surface area contributed by atoms with Gasteiger partial charge in [0, 0.05) is 0 Å². The molecule has 0 aliphatic rings. The second-order valence-electron chi connectivity index (χ2n) is 7.68. The predicted molar refractivity (Wildman–Crippen MR) is 129 cm³/mol. The molecule has 0 saturated heterocycles. The number of hydrogen-bond acceptors (Lipinski definition) is 9. The monoisotopic (exact) mass is 592 g/mol. The second-order valence-corrected chi connectivity index (χ2v) is 13.4. The minimum atomic E-state index is -5.90. The number of amides is 1. The molecule has 0 fully saturated rings. The van der Waals surface area contributed by atoms with Crippen LogP contribution in [0.1, 0.15) is 23.0 Å². The van der Waals surface area contributed by atoms with Crippen LogP contribution in [0.3, 0.4) is 0 Å². The lowest BCUT2D eigenvalue weighted by Gasteiger charge is -2.15. The number of carbonyl (C=O) groups excluding carboxylic acids is 1. The average Bonchev–Trinajstić information content (AvgIpc) is 2.84. The van der Waals surface area contributed by atoms with E-state index in [-0.39, 0.29) is 10.6 Å². The molecule has 0 atom stereocenters. The van der Waals surface area contributed by atoms with E-state index in [1.54, 1.807) is 6.92 Å². The van der Waals surface area contributed by atoms with Crippen LogP contribution in [0.25, 0.3) is 0 Å². The first-order valence-electron chi connectivity index (χ1n) is 10.5. The molecule has 0 unspecified atom stereocenters. The topological polar surface area (TPSA) is 154 Å². The minimum absolute atomic E-state index is 0.327. The molecule has 0 aliphatic carbocycles. The summed E-state index contributed by atoms with van der Waals surface area (Å²) in [7, 11) is -14.3. The zero-order chi connectivity index (χ0) is 28.5. The Morgan fingerprint density at radius 3 is 2.11 bits per heavy atom. The first-order chi connectivity index (χ1) is 17.5. The van der Waals surface area contributed by atoms with E-state index >= 15 is 0 Å². The molecule has 3 aromatic rings. The third-order valence-electron chi connectivity index (χ3n) is 4.98. The van der Waals surface area contributed by atoms with Gasteiger partial charge in [0.05, 0.1) is 16.3 Å². The quantitative estimate of drug-likeness (QED) is 0.387. The smallest absolute Gasteiger partial charge is 0.377 e. The summed E-state index contributed by atoms with van der Waals surface area (Å²) in [4.78, 5) is 14.9. The van der Waals surface area contributed by atoms with Gasteiger partial charge in [-0.25, -0.2) is 21.8 Å². The standard InChI is InChI=1S/C22H19F3N2O8S3/c1-3-36(29,30)20-6-4-5-17(26-20)21(28)27-18-13-16(37(31,32)22(23,24)25)11-12-19(18)35-38(33,34)15-9-7-14(2)8-10-15/h4-13H,3H2,1-2H3,(H,27,28). The van der Waals surface area contributed by atoms with Gasteiger partial charge in [-0.1, -0.05) is 30.7 Å². The van der Waals surface area contributed by atoms with Crippen LogP contribution >= 0.6 is 0 Å². The number of sulfone groups is 2. The van der Waals surface area contributed by atoms with Gasteiger partial charge in [0.1, 0.15) is 10.6 Å². The number of aromatic nitrogens is 1. The maximum Gasteiger partial charge on any atom is 0.501 e. The van der Waals surface area contributed by atoms with Crippen molar-refractivity contribution in [3.05, 3.63) is 71.9 Å². The van der Waals surface area contributed by atoms with E-state index in [9.17, 15) is 43.2 Å². The lowest BCUT2D eigenvalue weighted by molar-refractivity contribution is -0.0436. The highest BCUT2D eigenvalue weighted by atomic mass is 32.2. The van der Waals surface area contributed by atoms with Crippen molar-refractivity contribution in [3.63, 3.8) is 0 Å².